The van der Waals surface area contributed by atoms with Gasteiger partial charge < -0.3 is 5.11 Å². The van der Waals surface area contributed by atoms with E-state index in [1.807, 2.05) is 0 Å². The van der Waals surface area contributed by atoms with Crippen LogP contribution in [-0.2, 0) is 0 Å². The Kier molecular flexibility index (Phi) is 6.17. The van der Waals surface area contributed by atoms with E-state index in [1.165, 1.54) is 44.9 Å². The van der Waals surface area contributed by atoms with Crippen LogP contribution in [0.5, 0.6) is 0 Å². The molecule has 168 valence electrons. The molecule has 4 rings (SSSR count). The molecule has 0 aromatic carbocycles. The van der Waals surface area contributed by atoms with E-state index in [9.17, 15) is 5.11 Å². The highest BCUT2D eigenvalue weighted by atomic mass is 19.1. The first-order valence-electron chi connectivity index (χ1n) is 13.0. The van der Waals surface area contributed by atoms with E-state index in [4.69, 9.17) is 0 Å². The van der Waals surface area contributed by atoms with Crippen LogP contribution >= 0.6 is 0 Å². The lowest BCUT2D eigenvalue weighted by atomic mass is 9.44. The summed E-state index contributed by atoms with van der Waals surface area (Å²) in [5, 5.41) is 10.2. The summed E-state index contributed by atoms with van der Waals surface area (Å²) in [4.78, 5) is 0. The second-order valence-corrected chi connectivity index (χ2v) is 12.7. The third-order valence-corrected chi connectivity index (χ3v) is 10.8. The number of fused-ring (bicyclic) bond motifs is 5. The van der Waals surface area contributed by atoms with Crippen molar-refractivity contribution in [2.24, 2.45) is 52.3 Å². The van der Waals surface area contributed by atoms with Gasteiger partial charge in [0.25, 0.3) is 0 Å². The standard InChI is InChI=1S/C27H47FO/c1-17(2)7-6-8-18(3)21-9-10-22-25-23(12-14-27(21,22)5)26(4)13-11-20(29)15-19(26)16-24(25)28/h17-25,29H,6-16H2,1-5H3/t18-,19-,20+,21-,22+,23+,24-,25+,26+,27-/m1/s1. The highest BCUT2D eigenvalue weighted by Gasteiger charge is 2.63. The molecule has 10 atom stereocenters. The minimum absolute atomic E-state index is 0.187. The number of aliphatic hydroxyl groups excluding tert-OH is 1. The van der Waals surface area contributed by atoms with Gasteiger partial charge in [0.05, 0.1) is 6.10 Å². The van der Waals surface area contributed by atoms with Crippen molar-refractivity contribution >= 4 is 0 Å². The van der Waals surface area contributed by atoms with Crippen LogP contribution in [0.15, 0.2) is 0 Å². The van der Waals surface area contributed by atoms with Crippen molar-refractivity contribution in [2.75, 3.05) is 0 Å². The first-order chi connectivity index (χ1) is 13.7. The summed E-state index contributed by atoms with van der Waals surface area (Å²) in [6, 6.07) is 0. The first kappa shape index (κ1) is 22.1. The quantitative estimate of drug-likeness (QED) is 0.504. The van der Waals surface area contributed by atoms with E-state index in [1.54, 1.807) is 0 Å². The maximum Gasteiger partial charge on any atom is 0.104 e. The number of hydrogen-bond donors (Lipinski definition) is 1. The molecule has 0 bridgehead atoms. The Morgan fingerprint density at radius 2 is 1.59 bits per heavy atom. The smallest absolute Gasteiger partial charge is 0.104 e. The van der Waals surface area contributed by atoms with Gasteiger partial charge in [-0.15, -0.1) is 0 Å². The molecule has 0 amide bonds. The van der Waals surface area contributed by atoms with Gasteiger partial charge in [-0.2, -0.15) is 0 Å². The molecular weight excluding hydrogens is 359 g/mol. The minimum atomic E-state index is -0.636. The van der Waals surface area contributed by atoms with Crippen LogP contribution in [0.25, 0.3) is 0 Å². The predicted molar refractivity (Wildman–Crippen MR) is 119 cm³/mol. The van der Waals surface area contributed by atoms with E-state index < -0.39 is 6.17 Å². The van der Waals surface area contributed by atoms with Crippen LogP contribution in [0, 0.1) is 52.3 Å². The summed E-state index contributed by atoms with van der Waals surface area (Å²) in [6.45, 7) is 12.2. The fraction of sp³-hybridized carbons (Fsp3) is 1.00. The summed E-state index contributed by atoms with van der Waals surface area (Å²) in [6.07, 6.45) is 12.0. The van der Waals surface area contributed by atoms with Crippen LogP contribution in [0.2, 0.25) is 0 Å². The van der Waals surface area contributed by atoms with Gasteiger partial charge in [-0.1, -0.05) is 53.9 Å². The molecule has 4 aliphatic carbocycles. The SMILES string of the molecule is CC(C)CCC[C@@H](C)[C@H]1CC[C@H]2[C@@H]3[C@H](F)C[C@H]4C[C@@H](O)CC[C@]4(C)[C@H]3CC[C@]12C. The van der Waals surface area contributed by atoms with Crippen molar-refractivity contribution in [3.8, 4) is 0 Å². The maximum atomic E-state index is 15.7. The van der Waals surface area contributed by atoms with Gasteiger partial charge in [0, 0.05) is 0 Å². The van der Waals surface area contributed by atoms with Gasteiger partial charge in [-0.25, -0.2) is 4.39 Å². The summed E-state index contributed by atoms with van der Waals surface area (Å²) < 4.78 is 15.7. The number of halogens is 1. The van der Waals surface area contributed by atoms with Gasteiger partial charge in [0.15, 0.2) is 0 Å². The van der Waals surface area contributed by atoms with Crippen molar-refractivity contribution in [2.45, 2.75) is 118 Å². The molecule has 0 aromatic rings. The van der Waals surface area contributed by atoms with E-state index in [0.29, 0.717) is 23.2 Å². The Bertz CT molecular complexity index is 575. The van der Waals surface area contributed by atoms with Crippen LogP contribution in [0.4, 0.5) is 4.39 Å². The monoisotopic (exact) mass is 406 g/mol. The third kappa shape index (κ3) is 3.72. The molecule has 2 heteroatoms. The lowest BCUT2D eigenvalue weighted by molar-refractivity contribution is -0.157. The zero-order valence-electron chi connectivity index (χ0n) is 19.8. The Labute approximate surface area is 179 Å². The van der Waals surface area contributed by atoms with Crippen LogP contribution in [0.3, 0.4) is 0 Å². The van der Waals surface area contributed by atoms with Crippen molar-refractivity contribution in [1.29, 1.82) is 0 Å². The lowest BCUT2D eigenvalue weighted by Gasteiger charge is -2.62. The molecule has 0 unspecified atom stereocenters. The highest BCUT2D eigenvalue weighted by molar-refractivity contribution is 5.11. The molecule has 0 aliphatic heterocycles. The van der Waals surface area contributed by atoms with Crippen molar-refractivity contribution in [3.05, 3.63) is 0 Å². The molecule has 0 saturated heterocycles. The summed E-state index contributed by atoms with van der Waals surface area (Å²) >= 11 is 0. The molecule has 1 N–H and O–H groups in total. The summed E-state index contributed by atoms with van der Waals surface area (Å²) in [5.41, 5.74) is 0.634. The van der Waals surface area contributed by atoms with Gasteiger partial charge in [0.1, 0.15) is 6.17 Å². The van der Waals surface area contributed by atoms with Crippen LogP contribution < -0.4 is 0 Å². The Morgan fingerprint density at radius 3 is 2.31 bits per heavy atom. The molecule has 0 heterocycles. The largest absolute Gasteiger partial charge is 0.393 e. The van der Waals surface area contributed by atoms with E-state index in [-0.39, 0.29) is 17.4 Å². The number of aliphatic hydroxyl groups is 1. The van der Waals surface area contributed by atoms with Crippen molar-refractivity contribution < 1.29 is 9.50 Å². The summed E-state index contributed by atoms with van der Waals surface area (Å²) in [7, 11) is 0. The zero-order chi connectivity index (χ0) is 21.0. The average Bonchev–Trinajstić information content (AvgIpc) is 3.00. The topological polar surface area (TPSA) is 20.2 Å². The molecule has 1 nitrogen and oxygen atoms in total. The zero-order valence-corrected chi connectivity index (χ0v) is 19.8. The molecule has 4 aliphatic rings. The number of alkyl halides is 1. The molecule has 4 fully saturated rings. The maximum absolute atomic E-state index is 15.7. The molecule has 0 spiro atoms. The molecule has 29 heavy (non-hydrogen) atoms. The molecular formula is C27H47FO. The van der Waals surface area contributed by atoms with Crippen molar-refractivity contribution in [1.82, 2.24) is 0 Å². The van der Waals surface area contributed by atoms with Gasteiger partial charge in [-0.3, -0.25) is 0 Å². The van der Waals surface area contributed by atoms with E-state index in [2.05, 4.69) is 34.6 Å². The van der Waals surface area contributed by atoms with Gasteiger partial charge in [0.2, 0.25) is 0 Å². The molecule has 4 saturated carbocycles. The fourth-order valence-corrected chi connectivity index (χ4v) is 9.17. The normalized spacial score (nSPS) is 50.7. The first-order valence-corrected chi connectivity index (χ1v) is 13.0. The van der Waals surface area contributed by atoms with Gasteiger partial charge >= 0.3 is 0 Å². The Hall–Kier alpha value is -0.110. The number of hydrogen-bond acceptors (Lipinski definition) is 1. The fourth-order valence-electron chi connectivity index (χ4n) is 9.17. The van der Waals surface area contributed by atoms with E-state index >= 15 is 4.39 Å². The molecule has 0 aromatic heterocycles. The Balaban J connectivity index is 1.50. The number of rotatable bonds is 5. The molecule has 0 radical (unpaired) electrons. The predicted octanol–water partition coefficient (Wildman–Crippen LogP) is 7.42. The third-order valence-electron chi connectivity index (χ3n) is 10.8. The highest BCUT2D eigenvalue weighted by Crippen LogP contribution is 2.68. The average molecular weight is 407 g/mol. The Morgan fingerprint density at radius 1 is 0.897 bits per heavy atom. The van der Waals surface area contributed by atoms with Crippen LogP contribution in [0.1, 0.15) is 105 Å². The van der Waals surface area contributed by atoms with E-state index in [0.717, 1.165) is 43.4 Å². The van der Waals surface area contributed by atoms with Crippen LogP contribution in [-0.4, -0.2) is 17.4 Å². The lowest BCUT2D eigenvalue weighted by Crippen LogP contribution is -2.57. The second kappa shape index (κ2) is 8.10. The minimum Gasteiger partial charge on any atom is -0.393 e. The van der Waals surface area contributed by atoms with Gasteiger partial charge in [-0.05, 0) is 104 Å². The second-order valence-electron chi connectivity index (χ2n) is 12.7. The van der Waals surface area contributed by atoms with Crippen molar-refractivity contribution in [3.63, 3.8) is 0 Å². The summed E-state index contributed by atoms with van der Waals surface area (Å²) in [5.74, 6) is 4.23.